The third-order valence-corrected chi connectivity index (χ3v) is 5.21. The highest BCUT2D eigenvalue weighted by Crippen LogP contribution is 2.34. The molecule has 2 aromatic carbocycles. The Morgan fingerprint density at radius 1 is 1.21 bits per heavy atom. The molecule has 136 valence electrons. The van der Waals surface area contributed by atoms with E-state index in [9.17, 15) is 0 Å². The van der Waals surface area contributed by atoms with Gasteiger partial charge in [0.05, 0.1) is 23.2 Å². The van der Waals surface area contributed by atoms with Crippen LogP contribution in [-0.4, -0.2) is 14.6 Å². The minimum atomic E-state index is 0.374. The van der Waals surface area contributed by atoms with E-state index in [0.717, 1.165) is 37.9 Å². The van der Waals surface area contributed by atoms with Crippen LogP contribution in [0.3, 0.4) is 0 Å². The SMILES string of the molecule is Cc1nn2cc(-c3cc4c(OCc5cccc(C#N)c5)cccc4o3)nc2s1. The van der Waals surface area contributed by atoms with Gasteiger partial charge in [0.25, 0.3) is 0 Å². The fraction of sp³-hybridized carbons (Fsp3) is 0.0952. The zero-order chi connectivity index (χ0) is 19.1. The largest absolute Gasteiger partial charge is 0.488 e. The second-order valence-electron chi connectivity index (χ2n) is 6.35. The topological polar surface area (TPSA) is 76.3 Å². The zero-order valence-electron chi connectivity index (χ0n) is 14.9. The number of fused-ring (bicyclic) bond motifs is 2. The minimum Gasteiger partial charge on any atom is -0.488 e. The lowest BCUT2D eigenvalue weighted by Crippen LogP contribution is -1.96. The fourth-order valence-corrected chi connectivity index (χ4v) is 3.82. The number of nitrogens with zero attached hydrogens (tertiary/aromatic N) is 4. The molecule has 0 atom stereocenters. The molecule has 0 aliphatic carbocycles. The minimum absolute atomic E-state index is 0.374. The summed E-state index contributed by atoms with van der Waals surface area (Å²) in [6, 6.07) is 17.2. The van der Waals surface area contributed by atoms with Crippen LogP contribution in [0, 0.1) is 18.3 Å². The zero-order valence-corrected chi connectivity index (χ0v) is 15.7. The van der Waals surface area contributed by atoms with Gasteiger partial charge in [-0.2, -0.15) is 10.4 Å². The predicted octanol–water partition coefficient (Wildman–Crippen LogP) is 4.96. The van der Waals surface area contributed by atoms with Gasteiger partial charge in [-0.15, -0.1) is 0 Å². The van der Waals surface area contributed by atoms with Gasteiger partial charge in [0.15, 0.2) is 5.76 Å². The Morgan fingerprint density at radius 2 is 2.11 bits per heavy atom. The van der Waals surface area contributed by atoms with Crippen molar-refractivity contribution in [2.24, 2.45) is 0 Å². The number of rotatable bonds is 4. The molecule has 3 aromatic heterocycles. The predicted molar refractivity (Wildman–Crippen MR) is 106 cm³/mol. The summed E-state index contributed by atoms with van der Waals surface area (Å²) in [5.41, 5.74) is 3.03. The molecule has 0 aliphatic heterocycles. The molecule has 0 N–H and O–H groups in total. The molecule has 7 heteroatoms. The maximum absolute atomic E-state index is 9.04. The summed E-state index contributed by atoms with van der Waals surface area (Å²) in [5, 5.41) is 15.3. The molecule has 28 heavy (non-hydrogen) atoms. The van der Waals surface area contributed by atoms with Crippen molar-refractivity contribution in [2.45, 2.75) is 13.5 Å². The monoisotopic (exact) mass is 386 g/mol. The average Bonchev–Trinajstić information content (AvgIpc) is 3.38. The van der Waals surface area contributed by atoms with Crippen LogP contribution in [0.2, 0.25) is 0 Å². The molecule has 0 spiro atoms. The van der Waals surface area contributed by atoms with Crippen molar-refractivity contribution in [3.05, 3.63) is 70.9 Å². The van der Waals surface area contributed by atoms with Crippen LogP contribution in [0.4, 0.5) is 0 Å². The van der Waals surface area contributed by atoms with Crippen LogP contribution in [-0.2, 0) is 6.61 Å². The highest BCUT2D eigenvalue weighted by Gasteiger charge is 2.14. The average molecular weight is 386 g/mol. The van der Waals surface area contributed by atoms with E-state index in [1.165, 1.54) is 11.3 Å². The Morgan fingerprint density at radius 3 is 2.96 bits per heavy atom. The van der Waals surface area contributed by atoms with Crippen molar-refractivity contribution in [3.63, 3.8) is 0 Å². The van der Waals surface area contributed by atoms with Crippen LogP contribution in [0.1, 0.15) is 16.1 Å². The van der Waals surface area contributed by atoms with E-state index < -0.39 is 0 Å². The van der Waals surface area contributed by atoms with Gasteiger partial charge in [-0.25, -0.2) is 9.50 Å². The van der Waals surface area contributed by atoms with E-state index in [1.807, 2.05) is 55.6 Å². The van der Waals surface area contributed by atoms with Crippen molar-refractivity contribution in [3.8, 4) is 23.3 Å². The number of aryl methyl sites for hydroxylation is 1. The number of furan rings is 1. The third kappa shape index (κ3) is 2.90. The van der Waals surface area contributed by atoms with Crippen LogP contribution in [0.15, 0.2) is 59.1 Å². The lowest BCUT2D eigenvalue weighted by Gasteiger charge is -2.07. The van der Waals surface area contributed by atoms with E-state index in [0.29, 0.717) is 17.9 Å². The normalized spacial score (nSPS) is 11.1. The number of benzene rings is 2. The molecule has 0 fully saturated rings. The maximum Gasteiger partial charge on any atom is 0.212 e. The van der Waals surface area contributed by atoms with Gasteiger partial charge in [-0.1, -0.05) is 29.5 Å². The number of ether oxygens (including phenoxy) is 1. The number of imidazole rings is 1. The first-order chi connectivity index (χ1) is 13.7. The maximum atomic E-state index is 9.04. The molecule has 0 amide bonds. The summed E-state index contributed by atoms with van der Waals surface area (Å²) in [6.07, 6.45) is 1.87. The van der Waals surface area contributed by atoms with E-state index in [1.54, 1.807) is 10.6 Å². The molecule has 0 unspecified atom stereocenters. The Kier molecular flexibility index (Phi) is 3.85. The van der Waals surface area contributed by atoms with Crippen molar-refractivity contribution in [1.82, 2.24) is 14.6 Å². The summed E-state index contributed by atoms with van der Waals surface area (Å²) in [7, 11) is 0. The molecule has 0 bridgehead atoms. The lowest BCUT2D eigenvalue weighted by molar-refractivity contribution is 0.310. The number of hydrogen-bond donors (Lipinski definition) is 0. The van der Waals surface area contributed by atoms with Gasteiger partial charge in [-0.3, -0.25) is 0 Å². The van der Waals surface area contributed by atoms with Gasteiger partial charge in [0.2, 0.25) is 4.96 Å². The Balaban J connectivity index is 1.46. The van der Waals surface area contributed by atoms with Crippen molar-refractivity contribution < 1.29 is 9.15 Å². The van der Waals surface area contributed by atoms with Crippen molar-refractivity contribution in [2.75, 3.05) is 0 Å². The molecular formula is C21H14N4O2S. The van der Waals surface area contributed by atoms with Crippen molar-refractivity contribution in [1.29, 1.82) is 5.26 Å². The molecule has 0 saturated carbocycles. The molecule has 0 saturated heterocycles. The lowest BCUT2D eigenvalue weighted by atomic mass is 10.1. The van der Waals surface area contributed by atoms with Gasteiger partial charge >= 0.3 is 0 Å². The summed E-state index contributed by atoms with van der Waals surface area (Å²) >= 11 is 1.54. The van der Waals surface area contributed by atoms with Gasteiger partial charge in [0, 0.05) is 0 Å². The summed E-state index contributed by atoms with van der Waals surface area (Å²) in [5.74, 6) is 1.40. The van der Waals surface area contributed by atoms with E-state index >= 15 is 0 Å². The van der Waals surface area contributed by atoms with Crippen LogP contribution >= 0.6 is 11.3 Å². The Labute approximate surface area is 164 Å². The third-order valence-electron chi connectivity index (χ3n) is 4.37. The van der Waals surface area contributed by atoms with Gasteiger partial charge in [-0.05, 0) is 42.8 Å². The molecule has 5 rings (SSSR count). The van der Waals surface area contributed by atoms with E-state index in [2.05, 4.69) is 16.2 Å². The number of aromatic nitrogens is 3. The fourth-order valence-electron chi connectivity index (χ4n) is 3.10. The smallest absolute Gasteiger partial charge is 0.212 e. The molecular weight excluding hydrogens is 372 g/mol. The molecule has 6 nitrogen and oxygen atoms in total. The second kappa shape index (κ2) is 6.51. The first kappa shape index (κ1) is 16.5. The highest BCUT2D eigenvalue weighted by molar-refractivity contribution is 7.16. The number of nitriles is 1. The highest BCUT2D eigenvalue weighted by atomic mass is 32.1. The molecule has 5 aromatic rings. The summed E-state index contributed by atoms with van der Waals surface area (Å²) < 4.78 is 13.8. The van der Waals surface area contributed by atoms with Gasteiger partial charge in [0.1, 0.15) is 28.6 Å². The standard InChI is InChI=1S/C21H14N4O2S/c1-13-24-25-11-17(23-21(25)28-13)20-9-16-18(6-3-7-19(16)27-20)26-12-15-5-2-4-14(8-15)10-22/h2-9,11H,12H2,1H3. The second-order valence-corrected chi connectivity index (χ2v) is 7.51. The molecule has 3 heterocycles. The first-order valence-corrected chi connectivity index (χ1v) is 9.49. The van der Waals surface area contributed by atoms with Crippen LogP contribution in [0.5, 0.6) is 5.75 Å². The van der Waals surface area contributed by atoms with Gasteiger partial charge < -0.3 is 9.15 Å². The Bertz CT molecular complexity index is 1320. The quantitative estimate of drug-likeness (QED) is 0.436. The molecule has 0 radical (unpaired) electrons. The molecule has 0 aliphatic rings. The summed E-state index contributed by atoms with van der Waals surface area (Å²) in [4.78, 5) is 5.43. The summed E-state index contributed by atoms with van der Waals surface area (Å²) in [6.45, 7) is 2.33. The first-order valence-electron chi connectivity index (χ1n) is 8.67. The Hall–Kier alpha value is -3.63. The van der Waals surface area contributed by atoms with Crippen LogP contribution in [0.25, 0.3) is 27.4 Å². The van der Waals surface area contributed by atoms with E-state index in [4.69, 9.17) is 14.4 Å². The number of hydrogen-bond acceptors (Lipinski definition) is 6. The van der Waals surface area contributed by atoms with Crippen LogP contribution < -0.4 is 4.74 Å². The van der Waals surface area contributed by atoms with Crippen molar-refractivity contribution >= 4 is 27.3 Å². The van der Waals surface area contributed by atoms with E-state index in [-0.39, 0.29) is 0 Å².